The SMILES string of the molecule is CCCCCCCCCCCCNC(=O)C(O)(O)C(O)(O)C(O)CC. The van der Waals surface area contributed by atoms with E-state index < -0.39 is 23.6 Å². The molecule has 0 fully saturated rings. The first-order valence-electron chi connectivity index (χ1n) is 9.57. The molecule has 6 N–H and O–H groups in total. The smallest absolute Gasteiger partial charge is 0.303 e. The van der Waals surface area contributed by atoms with Crippen LogP contribution in [0.25, 0.3) is 0 Å². The first-order chi connectivity index (χ1) is 11.7. The number of carbonyl (C=O) groups is 1. The second-order valence-corrected chi connectivity index (χ2v) is 6.76. The van der Waals surface area contributed by atoms with Crippen molar-refractivity contribution in [3.8, 4) is 0 Å². The molecule has 0 radical (unpaired) electrons. The van der Waals surface area contributed by atoms with Crippen molar-refractivity contribution < 1.29 is 30.3 Å². The Morgan fingerprint density at radius 2 is 1.28 bits per heavy atom. The topological polar surface area (TPSA) is 130 Å². The fraction of sp³-hybridized carbons (Fsp3) is 0.944. The van der Waals surface area contributed by atoms with Crippen LogP contribution in [0.5, 0.6) is 0 Å². The third kappa shape index (κ3) is 8.46. The van der Waals surface area contributed by atoms with Gasteiger partial charge in [-0.15, -0.1) is 0 Å². The maximum absolute atomic E-state index is 11.7. The number of nitrogens with one attached hydrogen (secondary N) is 1. The Morgan fingerprint density at radius 1 is 0.840 bits per heavy atom. The van der Waals surface area contributed by atoms with Gasteiger partial charge in [0.2, 0.25) is 0 Å². The summed E-state index contributed by atoms with van der Waals surface area (Å²) < 4.78 is 0. The summed E-state index contributed by atoms with van der Waals surface area (Å²) in [4.78, 5) is 11.7. The van der Waals surface area contributed by atoms with Crippen LogP contribution in [-0.2, 0) is 4.79 Å². The molecule has 0 saturated carbocycles. The molecule has 0 rings (SSSR count). The van der Waals surface area contributed by atoms with Crippen LogP contribution in [0, 0.1) is 0 Å². The van der Waals surface area contributed by atoms with E-state index in [1.165, 1.54) is 45.4 Å². The lowest BCUT2D eigenvalue weighted by Crippen LogP contribution is -2.67. The van der Waals surface area contributed by atoms with Crippen molar-refractivity contribution in [3.05, 3.63) is 0 Å². The van der Waals surface area contributed by atoms with Crippen LogP contribution in [0.1, 0.15) is 84.5 Å². The summed E-state index contributed by atoms with van der Waals surface area (Å²) in [5.74, 6) is -8.13. The number of hydrogen-bond acceptors (Lipinski definition) is 6. The summed E-state index contributed by atoms with van der Waals surface area (Å²) in [7, 11) is 0. The molecule has 150 valence electrons. The average Bonchev–Trinajstić information content (AvgIpc) is 2.58. The van der Waals surface area contributed by atoms with Gasteiger partial charge in [-0.2, -0.15) is 0 Å². The molecule has 0 aliphatic heterocycles. The molecule has 7 heteroatoms. The van der Waals surface area contributed by atoms with E-state index in [0.29, 0.717) is 6.42 Å². The van der Waals surface area contributed by atoms with E-state index >= 15 is 0 Å². The van der Waals surface area contributed by atoms with Gasteiger partial charge in [0.25, 0.3) is 11.7 Å². The minimum Gasteiger partial charge on any atom is -0.387 e. The summed E-state index contributed by atoms with van der Waals surface area (Å²) in [5.41, 5.74) is 0. The zero-order chi connectivity index (χ0) is 19.3. The van der Waals surface area contributed by atoms with Crippen molar-refractivity contribution >= 4 is 5.91 Å². The number of rotatable bonds is 15. The van der Waals surface area contributed by atoms with Crippen LogP contribution >= 0.6 is 0 Å². The highest BCUT2D eigenvalue weighted by Gasteiger charge is 2.57. The molecule has 0 aromatic rings. The van der Waals surface area contributed by atoms with E-state index in [4.69, 9.17) is 0 Å². The number of hydrogen-bond donors (Lipinski definition) is 6. The van der Waals surface area contributed by atoms with Crippen molar-refractivity contribution in [1.29, 1.82) is 0 Å². The highest BCUT2D eigenvalue weighted by molar-refractivity contribution is 5.84. The predicted molar refractivity (Wildman–Crippen MR) is 95.5 cm³/mol. The fourth-order valence-electron chi connectivity index (χ4n) is 2.62. The molecule has 0 aromatic carbocycles. The van der Waals surface area contributed by atoms with Gasteiger partial charge >= 0.3 is 5.79 Å². The number of aliphatic hydroxyl groups excluding tert-OH is 1. The molecule has 25 heavy (non-hydrogen) atoms. The van der Waals surface area contributed by atoms with Crippen molar-refractivity contribution in [2.75, 3.05) is 6.54 Å². The number of carbonyl (C=O) groups excluding carboxylic acids is 1. The van der Waals surface area contributed by atoms with Crippen molar-refractivity contribution in [1.82, 2.24) is 5.32 Å². The number of unbranched alkanes of at least 4 members (excludes halogenated alkanes) is 9. The van der Waals surface area contributed by atoms with Gasteiger partial charge in [-0.05, 0) is 12.8 Å². The first-order valence-corrected chi connectivity index (χ1v) is 9.57. The second kappa shape index (κ2) is 12.6. The van der Waals surface area contributed by atoms with Crippen LogP contribution in [0.2, 0.25) is 0 Å². The van der Waals surface area contributed by atoms with Gasteiger partial charge in [-0.1, -0.05) is 71.6 Å². The highest BCUT2D eigenvalue weighted by Crippen LogP contribution is 2.23. The average molecular weight is 363 g/mol. The quantitative estimate of drug-likeness (QED) is 0.191. The molecule has 7 nitrogen and oxygen atoms in total. The van der Waals surface area contributed by atoms with Crippen LogP contribution in [0.4, 0.5) is 0 Å². The molecular formula is C18H37NO6. The highest BCUT2D eigenvalue weighted by atomic mass is 16.6. The van der Waals surface area contributed by atoms with Gasteiger partial charge in [0.15, 0.2) is 0 Å². The van der Waals surface area contributed by atoms with E-state index in [1.54, 1.807) is 0 Å². The minimum absolute atomic E-state index is 0.151. The van der Waals surface area contributed by atoms with Gasteiger partial charge in [0, 0.05) is 6.54 Å². The van der Waals surface area contributed by atoms with E-state index in [1.807, 2.05) is 0 Å². The molecule has 0 aliphatic rings. The minimum atomic E-state index is -3.47. The lowest BCUT2D eigenvalue weighted by atomic mass is 9.97. The van der Waals surface area contributed by atoms with Gasteiger partial charge < -0.3 is 30.8 Å². The Kier molecular flexibility index (Phi) is 12.2. The maximum Gasteiger partial charge on any atom is 0.303 e. The van der Waals surface area contributed by atoms with Crippen LogP contribution < -0.4 is 5.32 Å². The summed E-state index contributed by atoms with van der Waals surface area (Å²) in [6.07, 6.45) is 9.35. The lowest BCUT2D eigenvalue weighted by molar-refractivity contribution is -0.366. The van der Waals surface area contributed by atoms with E-state index in [0.717, 1.165) is 19.3 Å². The van der Waals surface area contributed by atoms with Gasteiger partial charge in [0.05, 0.1) is 0 Å². The maximum atomic E-state index is 11.7. The summed E-state index contributed by atoms with van der Waals surface area (Å²) in [6, 6.07) is 0. The third-order valence-corrected chi connectivity index (χ3v) is 4.50. The Morgan fingerprint density at radius 3 is 1.72 bits per heavy atom. The number of amides is 1. The fourth-order valence-corrected chi connectivity index (χ4v) is 2.62. The van der Waals surface area contributed by atoms with Crippen molar-refractivity contribution in [3.63, 3.8) is 0 Å². The van der Waals surface area contributed by atoms with E-state index in [-0.39, 0.29) is 13.0 Å². The van der Waals surface area contributed by atoms with E-state index in [2.05, 4.69) is 12.2 Å². The molecule has 0 bridgehead atoms. The molecule has 0 spiro atoms. The van der Waals surface area contributed by atoms with Crippen LogP contribution in [-0.4, -0.2) is 55.7 Å². The molecule has 0 saturated heterocycles. The monoisotopic (exact) mass is 363 g/mol. The Hall–Kier alpha value is -0.730. The Labute approximate surface area is 151 Å². The van der Waals surface area contributed by atoms with Gasteiger partial charge in [-0.3, -0.25) is 4.79 Å². The second-order valence-electron chi connectivity index (χ2n) is 6.76. The Balaban J connectivity index is 3.86. The lowest BCUT2D eigenvalue weighted by Gasteiger charge is -2.36. The first kappa shape index (κ1) is 24.3. The number of aliphatic hydroxyl groups is 5. The molecule has 0 aromatic heterocycles. The molecule has 1 amide bonds. The summed E-state index contributed by atoms with van der Waals surface area (Å²) >= 11 is 0. The normalized spacial score (nSPS) is 13.7. The van der Waals surface area contributed by atoms with Crippen LogP contribution in [0.15, 0.2) is 0 Å². The van der Waals surface area contributed by atoms with E-state index in [9.17, 15) is 30.3 Å². The summed E-state index contributed by atoms with van der Waals surface area (Å²) in [5, 5.41) is 50.2. The largest absolute Gasteiger partial charge is 0.387 e. The molecule has 1 unspecified atom stereocenters. The zero-order valence-electron chi connectivity index (χ0n) is 15.7. The molecular weight excluding hydrogens is 326 g/mol. The molecule has 1 atom stereocenters. The van der Waals surface area contributed by atoms with Gasteiger partial charge in [-0.25, -0.2) is 0 Å². The molecule has 0 heterocycles. The zero-order valence-corrected chi connectivity index (χ0v) is 15.7. The van der Waals surface area contributed by atoms with Crippen molar-refractivity contribution in [2.45, 2.75) is 102 Å². The third-order valence-electron chi connectivity index (χ3n) is 4.50. The Bertz CT molecular complexity index is 359. The predicted octanol–water partition coefficient (Wildman–Crippen LogP) is 1.16. The van der Waals surface area contributed by atoms with Gasteiger partial charge in [0.1, 0.15) is 6.10 Å². The van der Waals surface area contributed by atoms with Crippen molar-refractivity contribution in [2.24, 2.45) is 0 Å². The molecule has 0 aliphatic carbocycles. The standard InChI is InChI=1S/C18H37NO6/c1-3-5-6-7-8-9-10-11-12-13-14-19-16(21)18(24,25)17(22,23)15(20)4-2/h15,20,22-25H,3-14H2,1-2H3,(H,19,21). The van der Waals surface area contributed by atoms with Crippen LogP contribution in [0.3, 0.4) is 0 Å². The summed E-state index contributed by atoms with van der Waals surface area (Å²) in [6.45, 7) is 3.82.